The Balaban J connectivity index is 2.78. The van der Waals surface area contributed by atoms with Gasteiger partial charge in [-0.25, -0.2) is 0 Å². The number of ether oxygens (including phenoxy) is 1. The highest BCUT2D eigenvalue weighted by Crippen LogP contribution is 2.26. The van der Waals surface area contributed by atoms with Crippen LogP contribution in [0, 0.1) is 0 Å². The standard InChI is InChI=1S/C15H21ClO2S/c1-10(2)18-15-6-5-12(16)9-13(15)14(17)7-8-19-11(3)4/h5-6,9-11H,7-8H2,1-4H3. The van der Waals surface area contributed by atoms with Crippen molar-refractivity contribution in [3.8, 4) is 5.75 Å². The molecule has 0 spiro atoms. The van der Waals surface area contributed by atoms with Crippen molar-refractivity contribution in [2.75, 3.05) is 5.75 Å². The number of hydrogen-bond donors (Lipinski definition) is 0. The molecule has 0 aliphatic rings. The molecule has 0 unspecified atom stereocenters. The first-order valence-corrected chi connectivity index (χ1v) is 7.94. The fraction of sp³-hybridized carbons (Fsp3) is 0.533. The van der Waals surface area contributed by atoms with E-state index in [1.165, 1.54) is 0 Å². The van der Waals surface area contributed by atoms with Gasteiger partial charge in [0.1, 0.15) is 5.75 Å². The molecule has 0 aliphatic carbocycles. The van der Waals surface area contributed by atoms with Crippen LogP contribution in [0.5, 0.6) is 5.75 Å². The van der Waals surface area contributed by atoms with Gasteiger partial charge in [0, 0.05) is 17.2 Å². The summed E-state index contributed by atoms with van der Waals surface area (Å²) in [5, 5.41) is 1.11. The predicted octanol–water partition coefficient (Wildman–Crippen LogP) is 4.84. The van der Waals surface area contributed by atoms with Crippen LogP contribution in [-0.4, -0.2) is 22.9 Å². The van der Waals surface area contributed by atoms with Crippen molar-refractivity contribution in [2.24, 2.45) is 0 Å². The number of Topliss-reactive ketones (excluding diaryl/α,β-unsaturated/α-hetero) is 1. The molecule has 0 heterocycles. The predicted molar refractivity (Wildman–Crippen MR) is 83.8 cm³/mol. The Morgan fingerprint density at radius 3 is 2.58 bits per heavy atom. The second-order valence-electron chi connectivity index (χ2n) is 4.90. The molecule has 0 radical (unpaired) electrons. The monoisotopic (exact) mass is 300 g/mol. The molecule has 0 saturated carbocycles. The lowest BCUT2D eigenvalue weighted by atomic mass is 10.1. The van der Waals surface area contributed by atoms with Gasteiger partial charge in [-0.15, -0.1) is 0 Å². The van der Waals surface area contributed by atoms with Gasteiger partial charge in [-0.3, -0.25) is 4.79 Å². The van der Waals surface area contributed by atoms with Crippen LogP contribution < -0.4 is 4.74 Å². The first-order valence-electron chi connectivity index (χ1n) is 6.51. The van der Waals surface area contributed by atoms with Crippen LogP contribution in [0.3, 0.4) is 0 Å². The van der Waals surface area contributed by atoms with Gasteiger partial charge in [-0.1, -0.05) is 25.4 Å². The Morgan fingerprint density at radius 2 is 2.00 bits per heavy atom. The van der Waals surface area contributed by atoms with Crippen molar-refractivity contribution in [1.29, 1.82) is 0 Å². The summed E-state index contributed by atoms with van der Waals surface area (Å²) in [5.74, 6) is 1.54. The van der Waals surface area contributed by atoms with E-state index in [0.29, 0.717) is 28.0 Å². The third-order valence-corrected chi connectivity index (χ3v) is 3.73. The van der Waals surface area contributed by atoms with Crippen molar-refractivity contribution in [3.63, 3.8) is 0 Å². The SMILES string of the molecule is CC(C)Oc1ccc(Cl)cc1C(=O)CCSC(C)C. The lowest BCUT2D eigenvalue weighted by Crippen LogP contribution is -2.10. The maximum atomic E-state index is 12.2. The van der Waals surface area contributed by atoms with Crippen LogP contribution in [0.4, 0.5) is 0 Å². The number of carbonyl (C=O) groups is 1. The number of thioether (sulfide) groups is 1. The number of carbonyl (C=O) groups excluding carboxylic acids is 1. The molecule has 19 heavy (non-hydrogen) atoms. The highest BCUT2D eigenvalue weighted by Gasteiger charge is 2.14. The topological polar surface area (TPSA) is 26.3 Å². The molecule has 0 N–H and O–H groups in total. The zero-order chi connectivity index (χ0) is 14.4. The van der Waals surface area contributed by atoms with Gasteiger partial charge in [-0.2, -0.15) is 11.8 Å². The van der Waals surface area contributed by atoms with Gasteiger partial charge in [0.15, 0.2) is 5.78 Å². The molecule has 0 amide bonds. The molecule has 0 bridgehead atoms. The van der Waals surface area contributed by atoms with Gasteiger partial charge in [0.25, 0.3) is 0 Å². The van der Waals surface area contributed by atoms with E-state index in [-0.39, 0.29) is 11.9 Å². The summed E-state index contributed by atoms with van der Waals surface area (Å²) in [6.45, 7) is 8.14. The molecule has 0 atom stereocenters. The van der Waals surface area contributed by atoms with Crippen LogP contribution in [0.2, 0.25) is 5.02 Å². The van der Waals surface area contributed by atoms with E-state index in [1.54, 1.807) is 30.0 Å². The van der Waals surface area contributed by atoms with Crippen molar-refractivity contribution < 1.29 is 9.53 Å². The van der Waals surface area contributed by atoms with Crippen LogP contribution in [0.1, 0.15) is 44.5 Å². The Kier molecular flexibility index (Phi) is 6.73. The molecule has 0 aromatic heterocycles. The highest BCUT2D eigenvalue weighted by atomic mass is 35.5. The summed E-state index contributed by atoms with van der Waals surface area (Å²) in [7, 11) is 0. The van der Waals surface area contributed by atoms with Gasteiger partial charge >= 0.3 is 0 Å². The van der Waals surface area contributed by atoms with E-state index in [2.05, 4.69) is 13.8 Å². The fourth-order valence-corrected chi connectivity index (χ4v) is 2.55. The number of rotatable bonds is 7. The first-order chi connectivity index (χ1) is 8.90. The van der Waals surface area contributed by atoms with Crippen molar-refractivity contribution >= 4 is 29.1 Å². The number of benzene rings is 1. The van der Waals surface area contributed by atoms with E-state index in [9.17, 15) is 4.79 Å². The number of hydrogen-bond acceptors (Lipinski definition) is 3. The Bertz CT molecular complexity index is 430. The molecule has 1 rings (SSSR count). The quantitative estimate of drug-likeness (QED) is 0.674. The minimum Gasteiger partial charge on any atom is -0.490 e. The Labute approximate surface area is 124 Å². The second kappa shape index (κ2) is 7.81. The first kappa shape index (κ1) is 16.4. The van der Waals surface area contributed by atoms with E-state index in [0.717, 1.165) is 5.75 Å². The number of halogens is 1. The Hall–Kier alpha value is -0.670. The van der Waals surface area contributed by atoms with Gasteiger partial charge in [0.2, 0.25) is 0 Å². The van der Waals surface area contributed by atoms with E-state index in [1.807, 2.05) is 13.8 Å². The minimum atomic E-state index is 0.0396. The highest BCUT2D eigenvalue weighted by molar-refractivity contribution is 7.99. The van der Waals surface area contributed by atoms with Gasteiger partial charge in [-0.05, 0) is 37.3 Å². The van der Waals surface area contributed by atoms with E-state index < -0.39 is 0 Å². The smallest absolute Gasteiger partial charge is 0.167 e. The second-order valence-corrected chi connectivity index (χ2v) is 7.02. The van der Waals surface area contributed by atoms with Crippen molar-refractivity contribution in [2.45, 2.75) is 45.5 Å². The molecule has 106 valence electrons. The molecule has 2 nitrogen and oxygen atoms in total. The van der Waals surface area contributed by atoms with Crippen LogP contribution in [0.25, 0.3) is 0 Å². The third-order valence-electron chi connectivity index (χ3n) is 2.38. The van der Waals surface area contributed by atoms with Gasteiger partial charge < -0.3 is 4.74 Å². The van der Waals surface area contributed by atoms with Crippen molar-refractivity contribution in [3.05, 3.63) is 28.8 Å². The average molecular weight is 301 g/mol. The lowest BCUT2D eigenvalue weighted by molar-refractivity contribution is 0.0984. The zero-order valence-electron chi connectivity index (χ0n) is 11.9. The minimum absolute atomic E-state index is 0.0396. The van der Waals surface area contributed by atoms with Crippen LogP contribution >= 0.6 is 23.4 Å². The molecule has 0 fully saturated rings. The molecular weight excluding hydrogens is 280 g/mol. The average Bonchev–Trinajstić information content (AvgIpc) is 2.30. The maximum Gasteiger partial charge on any atom is 0.167 e. The number of ketones is 1. The van der Waals surface area contributed by atoms with E-state index in [4.69, 9.17) is 16.3 Å². The van der Waals surface area contributed by atoms with Crippen molar-refractivity contribution in [1.82, 2.24) is 0 Å². The third kappa shape index (κ3) is 5.87. The zero-order valence-corrected chi connectivity index (χ0v) is 13.5. The summed E-state index contributed by atoms with van der Waals surface area (Å²) < 4.78 is 5.66. The molecule has 1 aromatic carbocycles. The normalized spacial score (nSPS) is 11.1. The summed E-state index contributed by atoms with van der Waals surface area (Å²) in [6.07, 6.45) is 0.551. The molecule has 0 saturated heterocycles. The lowest BCUT2D eigenvalue weighted by Gasteiger charge is -2.14. The Morgan fingerprint density at radius 1 is 1.32 bits per heavy atom. The largest absolute Gasteiger partial charge is 0.490 e. The molecule has 1 aromatic rings. The molecular formula is C15H21ClO2S. The molecule has 0 aliphatic heterocycles. The van der Waals surface area contributed by atoms with Gasteiger partial charge in [0.05, 0.1) is 11.7 Å². The summed E-state index contributed by atoms with van der Waals surface area (Å²) >= 11 is 7.75. The maximum absolute atomic E-state index is 12.2. The van der Waals surface area contributed by atoms with E-state index >= 15 is 0 Å². The molecule has 4 heteroatoms. The summed E-state index contributed by atoms with van der Waals surface area (Å²) in [4.78, 5) is 12.2. The van der Waals surface area contributed by atoms with Crippen LogP contribution in [-0.2, 0) is 0 Å². The summed E-state index contributed by atoms with van der Waals surface area (Å²) in [6, 6.07) is 5.21. The summed E-state index contributed by atoms with van der Waals surface area (Å²) in [5.41, 5.74) is 0.588. The fourth-order valence-electron chi connectivity index (χ4n) is 1.60. The van der Waals surface area contributed by atoms with Crippen LogP contribution in [0.15, 0.2) is 18.2 Å².